The fourth-order valence-corrected chi connectivity index (χ4v) is 2.61. The quantitative estimate of drug-likeness (QED) is 0.914. The van der Waals surface area contributed by atoms with Gasteiger partial charge in [0.1, 0.15) is 5.69 Å². The summed E-state index contributed by atoms with van der Waals surface area (Å²) < 4.78 is 1.96. The zero-order valence-corrected chi connectivity index (χ0v) is 11.1. The second-order valence-corrected chi connectivity index (χ2v) is 5.17. The summed E-state index contributed by atoms with van der Waals surface area (Å²) in [5.74, 6) is 0. The van der Waals surface area contributed by atoms with Gasteiger partial charge >= 0.3 is 0 Å². The highest BCUT2D eigenvalue weighted by atomic mass is 15.4. The van der Waals surface area contributed by atoms with E-state index in [4.69, 9.17) is 0 Å². The minimum Gasteiger partial charge on any atom is -0.314 e. The lowest BCUT2D eigenvalue weighted by Gasteiger charge is -2.23. The topological polar surface area (TPSA) is 42.7 Å². The number of aryl methyl sites for hydroxylation is 1. The fourth-order valence-electron chi connectivity index (χ4n) is 2.61. The van der Waals surface area contributed by atoms with Crippen LogP contribution in [-0.4, -0.2) is 27.6 Å². The predicted octanol–water partition coefficient (Wildman–Crippen LogP) is 2.48. The third-order valence-corrected chi connectivity index (χ3v) is 3.73. The molecule has 1 aliphatic heterocycles. The Balaban J connectivity index is 1.59. The fraction of sp³-hybridized carbons (Fsp3) is 0.467. The maximum Gasteiger partial charge on any atom is 0.113 e. The summed E-state index contributed by atoms with van der Waals surface area (Å²) in [4.78, 5) is 0. The highest BCUT2D eigenvalue weighted by Crippen LogP contribution is 2.16. The van der Waals surface area contributed by atoms with Crippen molar-refractivity contribution < 1.29 is 0 Å². The molecule has 0 bridgehead atoms. The predicted molar refractivity (Wildman–Crippen MR) is 75.7 cm³/mol. The Labute approximate surface area is 113 Å². The first-order valence-corrected chi connectivity index (χ1v) is 7.11. The smallest absolute Gasteiger partial charge is 0.113 e. The van der Waals surface area contributed by atoms with Crippen LogP contribution in [0.4, 0.5) is 0 Å². The van der Waals surface area contributed by atoms with Gasteiger partial charge in [-0.15, -0.1) is 5.10 Å². The minimum atomic E-state index is 0.651. The molecule has 3 rings (SSSR count). The van der Waals surface area contributed by atoms with Gasteiger partial charge in [-0.2, -0.15) is 0 Å². The van der Waals surface area contributed by atoms with Crippen molar-refractivity contribution in [1.29, 1.82) is 0 Å². The number of hydrogen-bond acceptors (Lipinski definition) is 3. The van der Waals surface area contributed by atoms with E-state index >= 15 is 0 Å². The highest BCUT2D eigenvalue weighted by molar-refractivity contribution is 5.56. The van der Waals surface area contributed by atoms with Crippen LogP contribution >= 0.6 is 0 Å². The van der Waals surface area contributed by atoms with Gasteiger partial charge in [0.2, 0.25) is 0 Å². The number of nitrogens with zero attached hydrogens (tertiary/aromatic N) is 3. The molecule has 0 radical (unpaired) electrons. The van der Waals surface area contributed by atoms with Gasteiger partial charge in [0.25, 0.3) is 0 Å². The second kappa shape index (κ2) is 5.97. The van der Waals surface area contributed by atoms with E-state index in [0.717, 1.165) is 30.8 Å². The first kappa shape index (κ1) is 12.4. The van der Waals surface area contributed by atoms with Gasteiger partial charge in [0, 0.05) is 18.2 Å². The van der Waals surface area contributed by atoms with Crippen molar-refractivity contribution in [2.24, 2.45) is 0 Å². The molecule has 1 fully saturated rings. The van der Waals surface area contributed by atoms with Crippen molar-refractivity contribution in [2.75, 3.05) is 6.54 Å². The Morgan fingerprint density at radius 2 is 2.11 bits per heavy atom. The van der Waals surface area contributed by atoms with Crippen LogP contribution in [0.25, 0.3) is 11.3 Å². The molecule has 4 heteroatoms. The summed E-state index contributed by atoms with van der Waals surface area (Å²) in [6, 6.07) is 10.9. The average Bonchev–Trinajstić information content (AvgIpc) is 2.96. The third kappa shape index (κ3) is 3.20. The lowest BCUT2D eigenvalue weighted by molar-refractivity contribution is 0.359. The summed E-state index contributed by atoms with van der Waals surface area (Å²) in [5, 5.41) is 12.0. The molecule has 4 nitrogen and oxygen atoms in total. The van der Waals surface area contributed by atoms with Crippen molar-refractivity contribution >= 4 is 0 Å². The SMILES string of the molecule is c1ccc(-c2cn(CCC3CCCCN3)nn2)cc1. The average molecular weight is 256 g/mol. The van der Waals surface area contributed by atoms with Gasteiger partial charge in [0.05, 0.1) is 6.20 Å². The van der Waals surface area contributed by atoms with E-state index in [1.807, 2.05) is 29.1 Å². The van der Waals surface area contributed by atoms with Crippen LogP contribution in [0.2, 0.25) is 0 Å². The summed E-state index contributed by atoms with van der Waals surface area (Å²) in [5.41, 5.74) is 2.08. The Morgan fingerprint density at radius 1 is 1.21 bits per heavy atom. The Bertz CT molecular complexity index is 500. The molecule has 2 heterocycles. The molecule has 1 aliphatic rings. The van der Waals surface area contributed by atoms with Crippen LogP contribution in [0.15, 0.2) is 36.5 Å². The van der Waals surface area contributed by atoms with Crippen LogP contribution in [0.5, 0.6) is 0 Å². The summed E-state index contributed by atoms with van der Waals surface area (Å²) in [7, 11) is 0. The largest absolute Gasteiger partial charge is 0.314 e. The van der Waals surface area contributed by atoms with E-state index in [0.29, 0.717) is 6.04 Å². The molecule has 19 heavy (non-hydrogen) atoms. The van der Waals surface area contributed by atoms with Gasteiger partial charge in [0.15, 0.2) is 0 Å². The summed E-state index contributed by atoms with van der Waals surface area (Å²) in [6.45, 7) is 2.11. The molecule has 2 aromatic rings. The number of hydrogen-bond donors (Lipinski definition) is 1. The maximum atomic E-state index is 4.24. The van der Waals surface area contributed by atoms with Crippen LogP contribution in [-0.2, 0) is 6.54 Å². The number of piperidine rings is 1. The minimum absolute atomic E-state index is 0.651. The van der Waals surface area contributed by atoms with Crippen molar-refractivity contribution in [2.45, 2.75) is 38.3 Å². The van der Waals surface area contributed by atoms with Crippen molar-refractivity contribution in [1.82, 2.24) is 20.3 Å². The lowest BCUT2D eigenvalue weighted by Crippen LogP contribution is -2.34. The Morgan fingerprint density at radius 3 is 2.89 bits per heavy atom. The molecule has 0 spiro atoms. The molecule has 0 aliphatic carbocycles. The van der Waals surface area contributed by atoms with Gasteiger partial charge < -0.3 is 5.32 Å². The molecule has 1 aromatic carbocycles. The summed E-state index contributed by atoms with van der Waals surface area (Å²) in [6.07, 6.45) is 7.14. The van der Waals surface area contributed by atoms with Gasteiger partial charge in [-0.25, -0.2) is 0 Å². The number of rotatable bonds is 4. The van der Waals surface area contributed by atoms with Crippen LogP contribution in [0.1, 0.15) is 25.7 Å². The maximum absolute atomic E-state index is 4.24. The molecule has 1 N–H and O–H groups in total. The molecule has 0 saturated carbocycles. The van der Waals surface area contributed by atoms with E-state index in [1.54, 1.807) is 0 Å². The molecule has 1 aromatic heterocycles. The standard InChI is InChI=1S/C15H20N4/c1-2-6-13(7-3-1)15-12-19(18-17-15)11-9-14-8-4-5-10-16-14/h1-3,6-7,12,14,16H,4-5,8-11H2. The lowest BCUT2D eigenvalue weighted by atomic mass is 10.0. The van der Waals surface area contributed by atoms with E-state index < -0.39 is 0 Å². The van der Waals surface area contributed by atoms with Gasteiger partial charge in [-0.1, -0.05) is 42.0 Å². The van der Waals surface area contributed by atoms with Crippen LogP contribution in [0, 0.1) is 0 Å². The zero-order valence-electron chi connectivity index (χ0n) is 11.1. The number of benzene rings is 1. The number of aromatic nitrogens is 3. The van der Waals surface area contributed by atoms with Crippen molar-refractivity contribution in [3.8, 4) is 11.3 Å². The second-order valence-electron chi connectivity index (χ2n) is 5.17. The van der Waals surface area contributed by atoms with Crippen molar-refractivity contribution in [3.63, 3.8) is 0 Å². The van der Waals surface area contributed by atoms with Gasteiger partial charge in [-0.05, 0) is 25.8 Å². The normalized spacial score (nSPS) is 19.5. The summed E-state index contributed by atoms with van der Waals surface area (Å²) >= 11 is 0. The molecule has 1 unspecified atom stereocenters. The number of nitrogens with one attached hydrogen (secondary N) is 1. The Hall–Kier alpha value is -1.68. The highest BCUT2D eigenvalue weighted by Gasteiger charge is 2.12. The van der Waals surface area contributed by atoms with Crippen molar-refractivity contribution in [3.05, 3.63) is 36.5 Å². The van der Waals surface area contributed by atoms with Crippen LogP contribution in [0.3, 0.4) is 0 Å². The third-order valence-electron chi connectivity index (χ3n) is 3.73. The monoisotopic (exact) mass is 256 g/mol. The van der Waals surface area contributed by atoms with Gasteiger partial charge in [-0.3, -0.25) is 4.68 Å². The van der Waals surface area contributed by atoms with E-state index in [9.17, 15) is 0 Å². The first-order valence-electron chi connectivity index (χ1n) is 7.11. The van der Waals surface area contributed by atoms with Crippen LogP contribution < -0.4 is 5.32 Å². The Kier molecular flexibility index (Phi) is 3.89. The van der Waals surface area contributed by atoms with E-state index in [1.165, 1.54) is 19.3 Å². The first-order chi connectivity index (χ1) is 9.42. The zero-order chi connectivity index (χ0) is 12.9. The van der Waals surface area contributed by atoms with E-state index in [-0.39, 0.29) is 0 Å². The molecule has 100 valence electrons. The molecular formula is C15H20N4. The molecule has 1 atom stereocenters. The van der Waals surface area contributed by atoms with E-state index in [2.05, 4.69) is 27.8 Å². The molecule has 1 saturated heterocycles. The molecule has 0 amide bonds. The molecular weight excluding hydrogens is 236 g/mol.